The molecule has 0 aliphatic carbocycles. The van der Waals surface area contributed by atoms with E-state index in [1.165, 1.54) is 25.9 Å². The lowest BCUT2D eigenvalue weighted by molar-refractivity contribution is -0.900. The van der Waals surface area contributed by atoms with Crippen molar-refractivity contribution >= 4 is 11.8 Å². The van der Waals surface area contributed by atoms with E-state index >= 15 is 0 Å². The van der Waals surface area contributed by atoms with Gasteiger partial charge in [0.25, 0.3) is 5.91 Å². The Morgan fingerprint density at radius 1 is 1.03 bits per heavy atom. The summed E-state index contributed by atoms with van der Waals surface area (Å²) in [6.45, 7) is 8.48. The molecule has 0 saturated carbocycles. The molecule has 6 heteroatoms. The lowest BCUT2D eigenvalue weighted by Crippen LogP contribution is -3.12. The van der Waals surface area contributed by atoms with E-state index in [9.17, 15) is 9.59 Å². The number of rotatable bonds is 11. The zero-order chi connectivity index (χ0) is 23.8. The molecule has 0 fully saturated rings. The van der Waals surface area contributed by atoms with Crippen LogP contribution in [0, 0.1) is 0 Å². The first-order chi connectivity index (χ1) is 16.0. The summed E-state index contributed by atoms with van der Waals surface area (Å²) >= 11 is 0. The first kappa shape index (κ1) is 24.8. The number of nitrogens with zero attached hydrogens (tertiary/aromatic N) is 1. The molecule has 2 aromatic rings. The average Bonchev–Trinajstić information content (AvgIpc) is 2.84. The molecule has 2 amide bonds. The molecule has 2 N–H and O–H groups in total. The van der Waals surface area contributed by atoms with Crippen LogP contribution in [0.3, 0.4) is 0 Å². The van der Waals surface area contributed by atoms with E-state index in [0.29, 0.717) is 12.1 Å². The minimum absolute atomic E-state index is 0.0323. The van der Waals surface area contributed by atoms with Gasteiger partial charge in [0.15, 0.2) is 0 Å². The number of nitrogens with one attached hydrogen (secondary N) is 2. The molecule has 2 atom stereocenters. The molecule has 1 aliphatic heterocycles. The van der Waals surface area contributed by atoms with Crippen LogP contribution in [-0.2, 0) is 4.79 Å². The molecule has 6 nitrogen and oxygen atoms in total. The van der Waals surface area contributed by atoms with Gasteiger partial charge < -0.3 is 19.9 Å². The van der Waals surface area contributed by atoms with Gasteiger partial charge in [-0.2, -0.15) is 0 Å². The van der Waals surface area contributed by atoms with E-state index in [4.69, 9.17) is 4.74 Å². The molecule has 178 valence electrons. The summed E-state index contributed by atoms with van der Waals surface area (Å²) in [7, 11) is 3.41. The van der Waals surface area contributed by atoms with Crippen molar-refractivity contribution in [3.05, 3.63) is 65.2 Å². The zero-order valence-corrected chi connectivity index (χ0v) is 20.4. The average molecular weight is 453 g/mol. The van der Waals surface area contributed by atoms with Crippen LogP contribution in [0.2, 0.25) is 0 Å². The van der Waals surface area contributed by atoms with Crippen molar-refractivity contribution in [2.24, 2.45) is 0 Å². The number of hydrogen-bond acceptors (Lipinski definition) is 3. The van der Waals surface area contributed by atoms with Crippen molar-refractivity contribution in [2.45, 2.75) is 45.1 Å². The Balaban J connectivity index is 1.81. The number of quaternary nitrogens is 1. The standard InChI is InChI=1S/C27H37N3O3/c1-5-17-30(18-6-2)19-9-16-28-26(31)24-22-10-7-8-11-23(22)27(32)29(3)25(24)20-12-14-21(33-4)15-13-20/h7-8,10-15,24-25H,5-6,9,16-19H2,1-4H3,(H,28,31)/p+1. The topological polar surface area (TPSA) is 63.1 Å². The number of amides is 2. The summed E-state index contributed by atoms with van der Waals surface area (Å²) in [5, 5.41) is 3.18. The van der Waals surface area contributed by atoms with Crippen molar-refractivity contribution in [3.63, 3.8) is 0 Å². The molecule has 33 heavy (non-hydrogen) atoms. The molecule has 0 radical (unpaired) electrons. The van der Waals surface area contributed by atoms with Gasteiger partial charge in [-0.05, 0) is 42.2 Å². The third-order valence-corrected chi connectivity index (χ3v) is 6.53. The third-order valence-electron chi connectivity index (χ3n) is 6.53. The maximum atomic E-state index is 13.5. The van der Waals surface area contributed by atoms with Crippen LogP contribution in [0.25, 0.3) is 0 Å². The molecule has 3 rings (SSSR count). The maximum absolute atomic E-state index is 13.5. The molecule has 1 heterocycles. The van der Waals surface area contributed by atoms with E-state index in [-0.39, 0.29) is 17.9 Å². The number of ether oxygens (including phenoxy) is 1. The molecule has 2 aromatic carbocycles. The fourth-order valence-electron chi connectivity index (χ4n) is 4.92. The van der Waals surface area contributed by atoms with E-state index in [0.717, 1.165) is 29.8 Å². The Kier molecular flexibility index (Phi) is 8.89. The van der Waals surface area contributed by atoms with Crippen molar-refractivity contribution in [1.82, 2.24) is 10.2 Å². The molecule has 0 saturated heterocycles. The van der Waals surface area contributed by atoms with Gasteiger partial charge in [0.2, 0.25) is 5.91 Å². The quantitative estimate of drug-likeness (QED) is 0.516. The Bertz CT molecular complexity index is 922. The summed E-state index contributed by atoms with van der Waals surface area (Å²) in [4.78, 5) is 29.9. The zero-order valence-electron chi connectivity index (χ0n) is 20.4. The fraction of sp³-hybridized carbons (Fsp3) is 0.481. The van der Waals surface area contributed by atoms with Crippen LogP contribution < -0.4 is 15.0 Å². The Morgan fingerprint density at radius 3 is 2.33 bits per heavy atom. The van der Waals surface area contributed by atoms with Gasteiger partial charge in [-0.3, -0.25) is 9.59 Å². The summed E-state index contributed by atoms with van der Waals surface area (Å²) in [6.07, 6.45) is 3.28. The maximum Gasteiger partial charge on any atom is 0.254 e. The minimum atomic E-state index is -0.466. The summed E-state index contributed by atoms with van der Waals surface area (Å²) < 4.78 is 5.29. The first-order valence-electron chi connectivity index (χ1n) is 12.1. The molecular weight excluding hydrogens is 414 g/mol. The van der Waals surface area contributed by atoms with Crippen molar-refractivity contribution in [2.75, 3.05) is 40.3 Å². The minimum Gasteiger partial charge on any atom is -0.497 e. The number of methoxy groups -OCH3 is 1. The van der Waals surface area contributed by atoms with Crippen molar-refractivity contribution in [3.8, 4) is 5.75 Å². The second-order valence-electron chi connectivity index (χ2n) is 8.84. The second-order valence-corrected chi connectivity index (χ2v) is 8.84. The van der Waals surface area contributed by atoms with Gasteiger partial charge in [0, 0.05) is 25.6 Å². The number of carbonyl (C=O) groups is 2. The molecule has 0 aromatic heterocycles. The highest BCUT2D eigenvalue weighted by Crippen LogP contribution is 2.42. The predicted octanol–water partition coefficient (Wildman–Crippen LogP) is 2.82. The molecule has 1 aliphatic rings. The molecule has 0 spiro atoms. The second kappa shape index (κ2) is 11.8. The lowest BCUT2D eigenvalue weighted by atomic mass is 9.79. The number of likely N-dealkylation sites (N-methyl/N-ethyl adjacent to an activating group) is 1. The number of carbonyl (C=O) groups excluding carboxylic acids is 2. The van der Waals surface area contributed by atoms with Gasteiger partial charge in [0.05, 0.1) is 38.7 Å². The van der Waals surface area contributed by atoms with Gasteiger partial charge in [-0.15, -0.1) is 0 Å². The number of hydrogen-bond donors (Lipinski definition) is 2. The van der Waals surface area contributed by atoms with Gasteiger partial charge in [-0.25, -0.2) is 0 Å². The van der Waals surface area contributed by atoms with Crippen LogP contribution in [-0.4, -0.2) is 57.1 Å². The highest BCUT2D eigenvalue weighted by atomic mass is 16.5. The highest BCUT2D eigenvalue weighted by Gasteiger charge is 2.42. The van der Waals surface area contributed by atoms with Crippen LogP contribution >= 0.6 is 0 Å². The predicted molar refractivity (Wildman–Crippen MR) is 131 cm³/mol. The smallest absolute Gasteiger partial charge is 0.254 e. The largest absolute Gasteiger partial charge is 0.497 e. The normalized spacial score (nSPS) is 17.7. The van der Waals surface area contributed by atoms with Crippen LogP contribution in [0.1, 0.15) is 66.6 Å². The molecule has 0 bridgehead atoms. The monoisotopic (exact) mass is 452 g/mol. The van der Waals surface area contributed by atoms with Crippen molar-refractivity contribution < 1.29 is 19.2 Å². The highest BCUT2D eigenvalue weighted by molar-refractivity contribution is 6.01. The van der Waals surface area contributed by atoms with Crippen molar-refractivity contribution in [1.29, 1.82) is 0 Å². The van der Waals surface area contributed by atoms with Crippen LogP contribution in [0.4, 0.5) is 0 Å². The van der Waals surface area contributed by atoms with Crippen LogP contribution in [0.15, 0.2) is 48.5 Å². The lowest BCUT2D eigenvalue weighted by Gasteiger charge is -2.39. The molecule has 2 unspecified atom stereocenters. The van der Waals surface area contributed by atoms with E-state index < -0.39 is 5.92 Å². The molecular formula is C27H38N3O3+. The Morgan fingerprint density at radius 2 is 1.70 bits per heavy atom. The van der Waals surface area contributed by atoms with E-state index in [2.05, 4.69) is 19.2 Å². The Hall–Kier alpha value is -2.86. The first-order valence-corrected chi connectivity index (χ1v) is 12.1. The van der Waals surface area contributed by atoms with Crippen LogP contribution in [0.5, 0.6) is 5.75 Å². The third kappa shape index (κ3) is 5.74. The van der Waals surface area contributed by atoms with E-state index in [1.807, 2.05) is 48.5 Å². The number of benzene rings is 2. The van der Waals surface area contributed by atoms with E-state index in [1.54, 1.807) is 24.0 Å². The summed E-state index contributed by atoms with van der Waals surface area (Å²) in [6, 6.07) is 14.7. The Labute approximate surface area is 197 Å². The van der Waals surface area contributed by atoms with Gasteiger partial charge >= 0.3 is 0 Å². The summed E-state index contributed by atoms with van der Waals surface area (Å²) in [5.74, 6) is 0.187. The summed E-state index contributed by atoms with van der Waals surface area (Å²) in [5.41, 5.74) is 2.32. The number of fused-ring (bicyclic) bond motifs is 1. The van der Waals surface area contributed by atoms with Gasteiger partial charge in [0.1, 0.15) is 5.75 Å². The van der Waals surface area contributed by atoms with Gasteiger partial charge in [-0.1, -0.05) is 44.2 Å². The fourth-order valence-corrected chi connectivity index (χ4v) is 4.92. The SMILES string of the molecule is CCC[NH+](CCC)CCCNC(=O)C1c2ccccc2C(=O)N(C)C1c1ccc(OC)cc1.